The minimum absolute atomic E-state index is 0.236. The largest absolute Gasteiger partial charge is 0.311 e. The lowest BCUT2D eigenvalue weighted by atomic mass is 10.0. The first-order valence-corrected chi connectivity index (χ1v) is 11.6. The Morgan fingerprint density at radius 3 is 2.70 bits per heavy atom. The maximum absolute atomic E-state index is 14.0. The van der Waals surface area contributed by atoms with Crippen LogP contribution in [0.2, 0.25) is 5.02 Å². The molecule has 0 saturated carbocycles. The molecule has 2 aliphatic rings. The molecule has 2 heterocycles. The van der Waals surface area contributed by atoms with Crippen molar-refractivity contribution in [3.8, 4) is 6.07 Å². The number of amides is 2. The number of rotatable bonds is 3. The van der Waals surface area contributed by atoms with Crippen molar-refractivity contribution >= 4 is 40.9 Å². The standard InChI is InChI=1S/C25H17ClFN3O2S/c26-19-6-9-22-21(13-19)25(24(32)29(22)15-17-3-1-2-16(12-17)14-28)30(10-11-33-25)23(31)18-4-7-20(27)8-5-18/h1-9,12-13H,10-11,15H2. The van der Waals surface area contributed by atoms with Gasteiger partial charge in [-0.15, -0.1) is 11.8 Å². The highest BCUT2D eigenvalue weighted by atomic mass is 35.5. The lowest BCUT2D eigenvalue weighted by Gasteiger charge is -2.33. The zero-order valence-electron chi connectivity index (χ0n) is 17.3. The average Bonchev–Trinajstić information content (AvgIpc) is 3.36. The van der Waals surface area contributed by atoms with E-state index in [0.29, 0.717) is 39.7 Å². The second-order valence-electron chi connectivity index (χ2n) is 7.82. The summed E-state index contributed by atoms with van der Waals surface area (Å²) in [6, 6.07) is 19.8. The van der Waals surface area contributed by atoms with E-state index < -0.39 is 10.7 Å². The van der Waals surface area contributed by atoms with Gasteiger partial charge in [-0.1, -0.05) is 23.7 Å². The van der Waals surface area contributed by atoms with Crippen LogP contribution in [0, 0.1) is 17.1 Å². The van der Waals surface area contributed by atoms with Crippen LogP contribution in [-0.2, 0) is 16.2 Å². The Balaban J connectivity index is 1.59. The first-order valence-electron chi connectivity index (χ1n) is 10.3. The maximum atomic E-state index is 14.0. The smallest absolute Gasteiger partial charge is 0.268 e. The number of nitrogens with zero attached hydrogens (tertiary/aromatic N) is 3. The number of anilines is 1. The van der Waals surface area contributed by atoms with Gasteiger partial charge in [0, 0.05) is 28.4 Å². The van der Waals surface area contributed by atoms with E-state index in [9.17, 15) is 19.2 Å². The number of benzene rings is 3. The third-order valence-electron chi connectivity index (χ3n) is 5.89. The topological polar surface area (TPSA) is 64.4 Å². The summed E-state index contributed by atoms with van der Waals surface area (Å²) in [6.07, 6.45) is 0. The monoisotopic (exact) mass is 477 g/mol. The number of hydrogen-bond donors (Lipinski definition) is 0. The van der Waals surface area contributed by atoms with E-state index in [4.69, 9.17) is 11.6 Å². The van der Waals surface area contributed by atoms with E-state index in [1.165, 1.54) is 36.0 Å². The summed E-state index contributed by atoms with van der Waals surface area (Å²) in [4.78, 5) is 29.4. The Bertz CT molecular complexity index is 1320. The minimum atomic E-state index is -1.25. The van der Waals surface area contributed by atoms with Crippen molar-refractivity contribution in [2.75, 3.05) is 17.2 Å². The molecule has 1 spiro atoms. The molecule has 1 unspecified atom stereocenters. The Hall–Kier alpha value is -3.34. The molecule has 0 N–H and O–H groups in total. The third kappa shape index (κ3) is 3.47. The van der Waals surface area contributed by atoms with Crippen LogP contribution in [0.25, 0.3) is 0 Å². The molecular formula is C25H17ClFN3O2S. The zero-order chi connectivity index (χ0) is 23.2. The van der Waals surface area contributed by atoms with Crippen molar-refractivity contribution in [2.45, 2.75) is 11.4 Å². The summed E-state index contributed by atoms with van der Waals surface area (Å²) in [7, 11) is 0. The number of carbonyl (C=O) groups excluding carboxylic acids is 2. The number of fused-ring (bicyclic) bond motifs is 2. The fourth-order valence-corrected chi connectivity index (χ4v) is 6.04. The van der Waals surface area contributed by atoms with Gasteiger partial charge in [0.1, 0.15) is 5.82 Å². The van der Waals surface area contributed by atoms with Crippen LogP contribution >= 0.6 is 23.4 Å². The summed E-state index contributed by atoms with van der Waals surface area (Å²) < 4.78 is 13.4. The molecule has 0 aromatic heterocycles. The molecule has 0 bridgehead atoms. The van der Waals surface area contributed by atoms with Crippen LogP contribution in [0.5, 0.6) is 0 Å². The van der Waals surface area contributed by atoms with E-state index >= 15 is 0 Å². The van der Waals surface area contributed by atoms with Crippen molar-refractivity contribution < 1.29 is 14.0 Å². The zero-order valence-corrected chi connectivity index (χ0v) is 18.9. The molecule has 5 nitrogen and oxygen atoms in total. The Morgan fingerprint density at radius 2 is 1.94 bits per heavy atom. The van der Waals surface area contributed by atoms with Crippen molar-refractivity contribution in [1.82, 2.24) is 4.90 Å². The van der Waals surface area contributed by atoms with Gasteiger partial charge in [0.15, 0.2) is 4.87 Å². The molecule has 1 saturated heterocycles. The molecule has 5 rings (SSSR count). The molecule has 1 fully saturated rings. The first kappa shape index (κ1) is 21.5. The molecule has 33 heavy (non-hydrogen) atoms. The Labute approximate surface area is 199 Å². The third-order valence-corrected chi connectivity index (χ3v) is 7.54. The van der Waals surface area contributed by atoms with Gasteiger partial charge in [-0.3, -0.25) is 9.59 Å². The van der Waals surface area contributed by atoms with E-state index in [2.05, 4.69) is 6.07 Å². The molecule has 0 aliphatic carbocycles. The van der Waals surface area contributed by atoms with Gasteiger partial charge in [0.25, 0.3) is 11.8 Å². The van der Waals surface area contributed by atoms with Crippen molar-refractivity contribution in [3.05, 3.63) is 99.8 Å². The molecule has 164 valence electrons. The van der Waals surface area contributed by atoms with Gasteiger partial charge in [-0.2, -0.15) is 5.26 Å². The fourth-order valence-electron chi connectivity index (χ4n) is 4.41. The lowest BCUT2D eigenvalue weighted by molar-refractivity contribution is -0.123. The summed E-state index contributed by atoms with van der Waals surface area (Å²) in [5, 5.41) is 9.70. The minimum Gasteiger partial charge on any atom is -0.311 e. The van der Waals surface area contributed by atoms with Gasteiger partial charge >= 0.3 is 0 Å². The SMILES string of the molecule is N#Cc1cccc(CN2C(=O)C3(SCCN3C(=O)c3ccc(F)cc3)c3cc(Cl)ccc32)c1. The van der Waals surface area contributed by atoms with Crippen molar-refractivity contribution in [2.24, 2.45) is 0 Å². The maximum Gasteiger partial charge on any atom is 0.268 e. The van der Waals surface area contributed by atoms with Crippen molar-refractivity contribution in [3.63, 3.8) is 0 Å². The molecule has 2 amide bonds. The Kier molecular flexibility index (Phi) is 5.35. The first-order chi connectivity index (χ1) is 15.9. The highest BCUT2D eigenvalue weighted by molar-refractivity contribution is 8.01. The highest BCUT2D eigenvalue weighted by Gasteiger charge is 2.59. The van der Waals surface area contributed by atoms with E-state index in [0.717, 1.165) is 5.56 Å². The van der Waals surface area contributed by atoms with Crippen LogP contribution in [0.3, 0.4) is 0 Å². The molecule has 8 heteroatoms. The number of halogens is 2. The van der Waals surface area contributed by atoms with E-state index in [1.807, 2.05) is 6.07 Å². The van der Waals surface area contributed by atoms with E-state index in [1.54, 1.807) is 46.2 Å². The molecular weight excluding hydrogens is 461 g/mol. The predicted molar refractivity (Wildman–Crippen MR) is 125 cm³/mol. The second-order valence-corrected chi connectivity index (χ2v) is 9.55. The van der Waals surface area contributed by atoms with Gasteiger partial charge in [-0.25, -0.2) is 4.39 Å². The molecule has 3 aromatic carbocycles. The van der Waals surface area contributed by atoms with Gasteiger partial charge in [-0.05, 0) is 60.2 Å². The number of carbonyl (C=O) groups is 2. The summed E-state index contributed by atoms with van der Waals surface area (Å²) in [5.74, 6) is -0.438. The normalized spacial score (nSPS) is 19.1. The molecule has 2 aliphatic heterocycles. The van der Waals surface area contributed by atoms with Crippen LogP contribution in [0.1, 0.15) is 27.0 Å². The van der Waals surface area contributed by atoms with Crippen LogP contribution < -0.4 is 4.90 Å². The summed E-state index contributed by atoms with van der Waals surface area (Å²) >= 11 is 7.72. The fraction of sp³-hybridized carbons (Fsp3) is 0.160. The van der Waals surface area contributed by atoms with E-state index in [-0.39, 0.29) is 18.4 Å². The highest BCUT2D eigenvalue weighted by Crippen LogP contribution is 2.55. The Morgan fingerprint density at radius 1 is 1.15 bits per heavy atom. The second kappa shape index (κ2) is 8.22. The summed E-state index contributed by atoms with van der Waals surface area (Å²) in [5.41, 5.74) is 2.97. The summed E-state index contributed by atoms with van der Waals surface area (Å²) in [6.45, 7) is 0.625. The van der Waals surface area contributed by atoms with Crippen LogP contribution in [0.4, 0.5) is 10.1 Å². The number of hydrogen-bond acceptors (Lipinski definition) is 4. The quantitative estimate of drug-likeness (QED) is 0.536. The molecule has 1 atom stereocenters. The average molecular weight is 478 g/mol. The number of nitriles is 1. The van der Waals surface area contributed by atoms with Crippen LogP contribution in [-0.4, -0.2) is 29.0 Å². The van der Waals surface area contributed by atoms with Gasteiger partial charge < -0.3 is 9.80 Å². The van der Waals surface area contributed by atoms with Crippen molar-refractivity contribution in [1.29, 1.82) is 5.26 Å². The molecule has 0 radical (unpaired) electrons. The van der Waals surface area contributed by atoms with Gasteiger partial charge in [0.2, 0.25) is 0 Å². The predicted octanol–water partition coefficient (Wildman–Crippen LogP) is 4.94. The van der Waals surface area contributed by atoms with Gasteiger partial charge in [0.05, 0.1) is 23.9 Å². The number of thioether (sulfide) groups is 1. The lowest BCUT2D eigenvalue weighted by Crippen LogP contribution is -2.50. The van der Waals surface area contributed by atoms with Crippen LogP contribution in [0.15, 0.2) is 66.7 Å². The molecule has 3 aromatic rings.